The van der Waals surface area contributed by atoms with Crippen LogP contribution in [0.15, 0.2) is 47.9 Å². The van der Waals surface area contributed by atoms with Crippen LogP contribution in [0.25, 0.3) is 0 Å². The topological polar surface area (TPSA) is 80.8 Å². The number of benzene rings is 1. The van der Waals surface area contributed by atoms with Crippen molar-refractivity contribution >= 4 is 23.2 Å². The molecular formula is C29H33F3N6O2S. The number of rotatable bonds is 6. The van der Waals surface area contributed by atoms with Gasteiger partial charge in [0, 0.05) is 49.6 Å². The highest BCUT2D eigenvalue weighted by molar-refractivity contribution is 7.11. The van der Waals surface area contributed by atoms with Crippen LogP contribution in [0.4, 0.5) is 13.2 Å². The molecule has 12 heteroatoms. The molecule has 2 aromatic rings. The fourth-order valence-electron chi connectivity index (χ4n) is 6.95. The molecule has 2 saturated heterocycles. The van der Waals surface area contributed by atoms with Gasteiger partial charge in [-0.15, -0.1) is 16.9 Å². The third-order valence-corrected chi connectivity index (χ3v) is 10.6. The van der Waals surface area contributed by atoms with Gasteiger partial charge in [0.1, 0.15) is 4.88 Å². The largest absolute Gasteiger partial charge is 0.398 e. The first-order valence-electron chi connectivity index (χ1n) is 14.0. The Bertz CT molecular complexity index is 1400. The monoisotopic (exact) mass is 586 g/mol. The van der Waals surface area contributed by atoms with E-state index in [-0.39, 0.29) is 47.3 Å². The molecule has 5 aliphatic rings. The molecule has 1 unspecified atom stereocenters. The third-order valence-electron chi connectivity index (χ3n) is 9.88. The summed E-state index contributed by atoms with van der Waals surface area (Å²) in [5.74, 6) is 0.241. The van der Waals surface area contributed by atoms with Crippen LogP contribution in [-0.4, -0.2) is 64.0 Å². The number of hydrogen-bond acceptors (Lipinski definition) is 7. The quantitative estimate of drug-likeness (QED) is 0.532. The van der Waals surface area contributed by atoms with Crippen molar-refractivity contribution in [2.75, 3.05) is 26.2 Å². The van der Waals surface area contributed by atoms with Crippen LogP contribution >= 0.6 is 11.3 Å². The molecule has 0 radical (unpaired) electrons. The Morgan fingerprint density at radius 3 is 2.37 bits per heavy atom. The molecule has 2 atom stereocenters. The molecule has 2 N–H and O–H groups in total. The lowest BCUT2D eigenvalue weighted by Crippen LogP contribution is -2.63. The summed E-state index contributed by atoms with van der Waals surface area (Å²) in [4.78, 5) is 34.8. The Morgan fingerprint density at radius 2 is 1.78 bits per heavy atom. The van der Waals surface area contributed by atoms with Crippen molar-refractivity contribution in [2.45, 2.75) is 51.2 Å². The molecule has 4 heterocycles. The van der Waals surface area contributed by atoms with Crippen LogP contribution in [0.2, 0.25) is 0 Å². The number of amides is 2. The Labute approximate surface area is 240 Å². The minimum Gasteiger partial charge on any atom is -0.341 e. The van der Waals surface area contributed by atoms with E-state index in [2.05, 4.69) is 29.8 Å². The van der Waals surface area contributed by atoms with Crippen LogP contribution in [-0.2, 0) is 16.8 Å². The molecular weight excluding hydrogens is 553 g/mol. The number of nitrogens with one attached hydrogen (secondary N) is 2. The number of hydrazine groups is 2. The van der Waals surface area contributed by atoms with Gasteiger partial charge >= 0.3 is 6.18 Å². The molecule has 41 heavy (non-hydrogen) atoms. The van der Waals surface area contributed by atoms with Crippen LogP contribution in [0, 0.1) is 22.7 Å². The van der Waals surface area contributed by atoms with Crippen molar-refractivity contribution in [3.8, 4) is 0 Å². The number of likely N-dealkylation sites (tertiary alicyclic amines) is 2. The van der Waals surface area contributed by atoms with Gasteiger partial charge in [0.05, 0.1) is 29.4 Å². The average molecular weight is 587 g/mol. The Kier molecular flexibility index (Phi) is 5.83. The molecule has 2 saturated carbocycles. The summed E-state index contributed by atoms with van der Waals surface area (Å²) in [5, 5.41) is 1.87. The minimum atomic E-state index is -4.23. The van der Waals surface area contributed by atoms with Crippen LogP contribution < -0.4 is 11.0 Å². The maximum atomic E-state index is 13.5. The molecule has 1 aromatic heterocycles. The van der Waals surface area contributed by atoms with Gasteiger partial charge in [0.15, 0.2) is 0 Å². The molecule has 1 aromatic carbocycles. The first kappa shape index (κ1) is 26.8. The summed E-state index contributed by atoms with van der Waals surface area (Å²) in [6, 6.07) is 6.71. The number of hydrogen-bond donors (Lipinski definition) is 2. The van der Waals surface area contributed by atoms with E-state index in [0.29, 0.717) is 43.2 Å². The van der Waals surface area contributed by atoms with Gasteiger partial charge in [-0.3, -0.25) is 19.6 Å². The number of thiazole rings is 1. The SMILES string of the molecule is CC1(C)C[C@@H]1C(=O)N1CC2(CN(C(=O)c3cncs3)CC2C2=CN(Cc3ccc(C4(C(F)(F)F)CC4)cc3)NN2)C1. The smallest absolute Gasteiger partial charge is 0.341 e. The van der Waals surface area contributed by atoms with Crippen molar-refractivity contribution in [1.82, 2.24) is 30.8 Å². The summed E-state index contributed by atoms with van der Waals surface area (Å²) in [5.41, 5.74) is 8.38. The summed E-state index contributed by atoms with van der Waals surface area (Å²) >= 11 is 1.32. The first-order chi connectivity index (χ1) is 19.4. The van der Waals surface area contributed by atoms with Crippen LogP contribution in [0.5, 0.6) is 0 Å². The summed E-state index contributed by atoms with van der Waals surface area (Å²) in [6.45, 7) is 7.01. The van der Waals surface area contributed by atoms with Gasteiger partial charge in [0.25, 0.3) is 5.91 Å². The van der Waals surface area contributed by atoms with E-state index in [1.165, 1.54) is 11.3 Å². The Morgan fingerprint density at radius 1 is 1.10 bits per heavy atom. The standard InChI is InChI=1S/C29H33F3N6O2S/c1-26(2)9-20(26)24(39)37-15-27(16-37)14-36(25(40)23-10-33-17-41-23)12-21(27)22-13-38(35-34-22)11-18-3-5-19(6-4-18)28(7-8-28)29(30,31)32/h3-6,10,13,17,20-21,34-35H,7-9,11-12,14-16H2,1-2H3/t20-,21?/m1/s1. The number of carbonyl (C=O) groups is 2. The Balaban J connectivity index is 1.06. The van der Waals surface area contributed by atoms with Gasteiger partial charge in [0.2, 0.25) is 5.91 Å². The predicted octanol–water partition coefficient (Wildman–Crippen LogP) is 4.05. The highest BCUT2D eigenvalue weighted by Gasteiger charge is 2.64. The maximum Gasteiger partial charge on any atom is 0.398 e. The van der Waals surface area contributed by atoms with Crippen molar-refractivity contribution in [3.05, 3.63) is 63.9 Å². The summed E-state index contributed by atoms with van der Waals surface area (Å²) in [7, 11) is 0. The fraction of sp³-hybridized carbons (Fsp3) is 0.552. The highest BCUT2D eigenvalue weighted by Crippen LogP contribution is 2.59. The van der Waals surface area contributed by atoms with Crippen molar-refractivity contribution in [1.29, 1.82) is 0 Å². The van der Waals surface area contributed by atoms with E-state index in [0.717, 1.165) is 17.7 Å². The number of halogens is 3. The normalized spacial score (nSPS) is 27.0. The zero-order chi connectivity index (χ0) is 28.8. The number of carbonyl (C=O) groups excluding carboxylic acids is 2. The van der Waals surface area contributed by atoms with Gasteiger partial charge in [-0.05, 0) is 35.8 Å². The van der Waals surface area contributed by atoms with E-state index in [1.807, 2.05) is 21.0 Å². The molecule has 2 amide bonds. The van der Waals surface area contributed by atoms with Crippen LogP contribution in [0.1, 0.15) is 53.9 Å². The van der Waals surface area contributed by atoms with Crippen molar-refractivity contribution < 1.29 is 22.8 Å². The van der Waals surface area contributed by atoms with Crippen molar-refractivity contribution in [2.24, 2.45) is 22.7 Å². The molecule has 8 nitrogen and oxygen atoms in total. The van der Waals surface area contributed by atoms with E-state index < -0.39 is 11.6 Å². The molecule has 2 aliphatic carbocycles. The molecule has 4 fully saturated rings. The second kappa shape index (κ2) is 8.94. The predicted molar refractivity (Wildman–Crippen MR) is 146 cm³/mol. The summed E-state index contributed by atoms with van der Waals surface area (Å²) < 4.78 is 40.5. The molecule has 0 bridgehead atoms. The number of aromatic nitrogens is 1. The fourth-order valence-corrected chi connectivity index (χ4v) is 7.53. The van der Waals surface area contributed by atoms with Gasteiger partial charge in [-0.25, -0.2) is 0 Å². The van der Waals surface area contributed by atoms with E-state index in [4.69, 9.17) is 0 Å². The average Bonchev–Trinajstić information content (AvgIpc) is 3.55. The van der Waals surface area contributed by atoms with E-state index in [1.54, 1.807) is 36.0 Å². The lowest BCUT2D eigenvalue weighted by atomic mass is 9.70. The summed E-state index contributed by atoms with van der Waals surface area (Å²) in [6.07, 6.45) is 0.557. The zero-order valence-electron chi connectivity index (χ0n) is 23.0. The third kappa shape index (κ3) is 4.41. The van der Waals surface area contributed by atoms with E-state index >= 15 is 0 Å². The molecule has 3 aliphatic heterocycles. The van der Waals surface area contributed by atoms with Gasteiger partial charge in [-0.1, -0.05) is 38.1 Å². The lowest BCUT2D eigenvalue weighted by Gasteiger charge is -2.51. The minimum absolute atomic E-state index is 0.00276. The van der Waals surface area contributed by atoms with Crippen molar-refractivity contribution in [3.63, 3.8) is 0 Å². The number of alkyl halides is 3. The zero-order valence-corrected chi connectivity index (χ0v) is 23.8. The van der Waals surface area contributed by atoms with E-state index in [9.17, 15) is 22.8 Å². The second-order valence-electron chi connectivity index (χ2n) is 13.1. The molecule has 7 rings (SSSR count). The van der Waals surface area contributed by atoms with Gasteiger partial charge < -0.3 is 15.2 Å². The van der Waals surface area contributed by atoms with Gasteiger partial charge in [-0.2, -0.15) is 13.2 Å². The molecule has 218 valence electrons. The lowest BCUT2D eigenvalue weighted by molar-refractivity contribution is -0.160. The maximum absolute atomic E-state index is 13.5. The highest BCUT2D eigenvalue weighted by atomic mass is 32.1. The Hall–Kier alpha value is -3.12. The van der Waals surface area contributed by atoms with Crippen LogP contribution in [0.3, 0.4) is 0 Å². The first-order valence-corrected chi connectivity index (χ1v) is 14.9. The molecule has 1 spiro atoms. The second-order valence-corrected chi connectivity index (χ2v) is 14.0. The number of nitrogens with zero attached hydrogens (tertiary/aromatic N) is 4.